The van der Waals surface area contributed by atoms with Crippen molar-refractivity contribution in [3.8, 4) is 0 Å². The molecule has 0 aliphatic rings. The molecular formula is C11H20O4. The zero-order chi connectivity index (χ0) is 11.5. The van der Waals surface area contributed by atoms with Gasteiger partial charge < -0.3 is 9.47 Å². The van der Waals surface area contributed by atoms with Crippen molar-refractivity contribution in [3.63, 3.8) is 0 Å². The summed E-state index contributed by atoms with van der Waals surface area (Å²) in [6.45, 7) is 3.87. The molecule has 0 saturated heterocycles. The van der Waals surface area contributed by atoms with Gasteiger partial charge in [0, 0.05) is 6.42 Å². The summed E-state index contributed by atoms with van der Waals surface area (Å²) >= 11 is 0. The fourth-order valence-corrected chi connectivity index (χ4v) is 1.11. The highest BCUT2D eigenvalue weighted by atomic mass is 16.6. The van der Waals surface area contributed by atoms with Crippen molar-refractivity contribution >= 4 is 11.9 Å². The van der Waals surface area contributed by atoms with E-state index in [9.17, 15) is 9.59 Å². The van der Waals surface area contributed by atoms with Crippen LogP contribution >= 0.6 is 0 Å². The smallest absolute Gasteiger partial charge is 0.344 e. The average molecular weight is 216 g/mol. The fourth-order valence-electron chi connectivity index (χ4n) is 1.11. The highest BCUT2D eigenvalue weighted by molar-refractivity contribution is 5.76. The van der Waals surface area contributed by atoms with E-state index in [2.05, 4.69) is 11.7 Å². The van der Waals surface area contributed by atoms with E-state index in [4.69, 9.17) is 4.74 Å². The zero-order valence-corrected chi connectivity index (χ0v) is 9.58. The van der Waals surface area contributed by atoms with Gasteiger partial charge in [-0.1, -0.05) is 26.2 Å². The lowest BCUT2D eigenvalue weighted by Crippen LogP contribution is -2.16. The molecule has 88 valence electrons. The number of hydrogen-bond acceptors (Lipinski definition) is 4. The van der Waals surface area contributed by atoms with Crippen molar-refractivity contribution in [2.75, 3.05) is 13.2 Å². The maximum absolute atomic E-state index is 11.1. The Morgan fingerprint density at radius 2 is 1.67 bits per heavy atom. The number of rotatable bonds is 8. The van der Waals surface area contributed by atoms with Crippen LogP contribution in [0.5, 0.6) is 0 Å². The van der Waals surface area contributed by atoms with Gasteiger partial charge in [-0.2, -0.15) is 0 Å². The Labute approximate surface area is 90.9 Å². The molecule has 0 amide bonds. The Morgan fingerprint density at radius 3 is 2.27 bits per heavy atom. The molecule has 0 aromatic carbocycles. The molecule has 0 aromatic heterocycles. The lowest BCUT2D eigenvalue weighted by molar-refractivity contribution is -0.158. The number of ether oxygens (including phenoxy) is 2. The Hall–Kier alpha value is -1.06. The summed E-state index contributed by atoms with van der Waals surface area (Å²) in [5.74, 6) is -0.807. The lowest BCUT2D eigenvalue weighted by atomic mass is 10.2. The maximum Gasteiger partial charge on any atom is 0.344 e. The van der Waals surface area contributed by atoms with E-state index < -0.39 is 5.97 Å². The van der Waals surface area contributed by atoms with E-state index in [1.165, 1.54) is 0 Å². The topological polar surface area (TPSA) is 52.6 Å². The van der Waals surface area contributed by atoms with Crippen molar-refractivity contribution in [3.05, 3.63) is 0 Å². The lowest BCUT2D eigenvalue weighted by Gasteiger charge is -2.04. The van der Waals surface area contributed by atoms with Crippen LogP contribution in [-0.4, -0.2) is 25.2 Å². The van der Waals surface area contributed by atoms with Gasteiger partial charge in [-0.05, 0) is 13.3 Å². The molecule has 0 heterocycles. The summed E-state index contributed by atoms with van der Waals surface area (Å²) in [7, 11) is 0. The van der Waals surface area contributed by atoms with Crippen molar-refractivity contribution in [2.24, 2.45) is 0 Å². The number of esters is 2. The van der Waals surface area contributed by atoms with Crippen LogP contribution in [0.2, 0.25) is 0 Å². The van der Waals surface area contributed by atoms with E-state index in [-0.39, 0.29) is 12.6 Å². The fraction of sp³-hybridized carbons (Fsp3) is 0.818. The summed E-state index contributed by atoms with van der Waals surface area (Å²) in [4.78, 5) is 21.9. The molecular weight excluding hydrogens is 196 g/mol. The zero-order valence-electron chi connectivity index (χ0n) is 9.58. The van der Waals surface area contributed by atoms with Gasteiger partial charge in [-0.25, -0.2) is 4.79 Å². The average Bonchev–Trinajstić information content (AvgIpc) is 2.22. The van der Waals surface area contributed by atoms with Crippen LogP contribution in [0.1, 0.15) is 46.0 Å². The highest BCUT2D eigenvalue weighted by Crippen LogP contribution is 2.03. The number of hydrogen-bond donors (Lipinski definition) is 0. The minimum atomic E-state index is -0.487. The first kappa shape index (κ1) is 13.9. The van der Waals surface area contributed by atoms with Gasteiger partial charge in [0.1, 0.15) is 0 Å². The van der Waals surface area contributed by atoms with Gasteiger partial charge >= 0.3 is 11.9 Å². The molecule has 0 N–H and O–H groups in total. The molecule has 0 aromatic rings. The molecule has 15 heavy (non-hydrogen) atoms. The Kier molecular flexibility index (Phi) is 8.82. The minimum absolute atomic E-state index is 0.263. The molecule has 0 rings (SSSR count). The third kappa shape index (κ3) is 9.25. The Morgan fingerprint density at radius 1 is 0.933 bits per heavy atom. The van der Waals surface area contributed by atoms with Crippen LogP contribution < -0.4 is 0 Å². The second kappa shape index (κ2) is 9.49. The van der Waals surface area contributed by atoms with E-state index in [0.717, 1.165) is 25.7 Å². The first-order valence-electron chi connectivity index (χ1n) is 5.52. The molecule has 0 atom stereocenters. The molecule has 0 fully saturated rings. The molecule has 4 heteroatoms. The third-order valence-electron chi connectivity index (χ3n) is 1.89. The van der Waals surface area contributed by atoms with E-state index in [1.54, 1.807) is 6.92 Å². The van der Waals surface area contributed by atoms with Gasteiger partial charge in [0.2, 0.25) is 0 Å². The quantitative estimate of drug-likeness (QED) is 0.460. The van der Waals surface area contributed by atoms with Crippen LogP contribution in [0.3, 0.4) is 0 Å². The molecule has 0 radical (unpaired) electrons. The second-order valence-corrected chi connectivity index (χ2v) is 3.28. The van der Waals surface area contributed by atoms with Crippen molar-refractivity contribution < 1.29 is 19.1 Å². The summed E-state index contributed by atoms with van der Waals surface area (Å²) in [6, 6.07) is 0. The summed E-state index contributed by atoms with van der Waals surface area (Å²) in [5.41, 5.74) is 0. The second-order valence-electron chi connectivity index (χ2n) is 3.28. The van der Waals surface area contributed by atoms with Crippen LogP contribution in [-0.2, 0) is 19.1 Å². The van der Waals surface area contributed by atoms with Crippen molar-refractivity contribution in [2.45, 2.75) is 46.0 Å². The van der Waals surface area contributed by atoms with Crippen LogP contribution in [0.15, 0.2) is 0 Å². The van der Waals surface area contributed by atoms with E-state index >= 15 is 0 Å². The molecule has 0 saturated carbocycles. The Bertz CT molecular complexity index is 189. The van der Waals surface area contributed by atoms with Gasteiger partial charge in [0.25, 0.3) is 0 Å². The van der Waals surface area contributed by atoms with Crippen molar-refractivity contribution in [1.29, 1.82) is 0 Å². The molecule has 0 aliphatic heterocycles. The van der Waals surface area contributed by atoms with Crippen LogP contribution in [0.25, 0.3) is 0 Å². The third-order valence-corrected chi connectivity index (χ3v) is 1.89. The predicted octanol–water partition coefficient (Wildman–Crippen LogP) is 2.06. The summed E-state index contributed by atoms with van der Waals surface area (Å²) < 4.78 is 9.34. The standard InChI is InChI=1S/C11H20O4/c1-3-5-6-7-8-10(12)15-9-11(13)14-4-2/h3-9H2,1-2H3. The summed E-state index contributed by atoms with van der Waals surface area (Å²) in [6.07, 6.45) is 4.52. The molecule has 0 aliphatic carbocycles. The summed E-state index contributed by atoms with van der Waals surface area (Å²) in [5, 5.41) is 0. The molecule has 0 spiro atoms. The van der Waals surface area contributed by atoms with Crippen LogP contribution in [0, 0.1) is 0 Å². The first-order chi connectivity index (χ1) is 7.20. The van der Waals surface area contributed by atoms with Gasteiger partial charge in [0.05, 0.1) is 6.61 Å². The number of carbonyl (C=O) groups excluding carboxylic acids is 2. The Balaban J connectivity index is 3.36. The number of carbonyl (C=O) groups is 2. The van der Waals surface area contributed by atoms with Gasteiger partial charge in [-0.3, -0.25) is 4.79 Å². The molecule has 0 bridgehead atoms. The first-order valence-corrected chi connectivity index (χ1v) is 5.52. The minimum Gasteiger partial charge on any atom is -0.463 e. The van der Waals surface area contributed by atoms with Gasteiger partial charge in [-0.15, -0.1) is 0 Å². The molecule has 0 unspecified atom stereocenters. The van der Waals surface area contributed by atoms with Crippen LogP contribution in [0.4, 0.5) is 0 Å². The molecule has 4 nitrogen and oxygen atoms in total. The maximum atomic E-state index is 11.1. The highest BCUT2D eigenvalue weighted by Gasteiger charge is 2.07. The number of unbranched alkanes of at least 4 members (excludes halogenated alkanes) is 3. The van der Waals surface area contributed by atoms with E-state index in [0.29, 0.717) is 13.0 Å². The van der Waals surface area contributed by atoms with Gasteiger partial charge in [0.15, 0.2) is 6.61 Å². The normalized spacial score (nSPS) is 9.73. The monoisotopic (exact) mass is 216 g/mol. The largest absolute Gasteiger partial charge is 0.463 e. The SMILES string of the molecule is CCCCCCC(=O)OCC(=O)OCC. The van der Waals surface area contributed by atoms with E-state index in [1.807, 2.05) is 0 Å². The van der Waals surface area contributed by atoms with Crippen molar-refractivity contribution in [1.82, 2.24) is 0 Å². The predicted molar refractivity (Wildman–Crippen MR) is 56.4 cm³/mol.